The molecule has 0 unspecified atom stereocenters. The molecule has 5 N–H and O–H groups in total. The molecule has 0 saturated carbocycles. The number of hydrogen-bond donors (Lipinski definition) is 5. The molecule has 9 heteroatoms. The molecule has 5 rings (SSSR count). The van der Waals surface area contributed by atoms with E-state index in [9.17, 15) is 9.90 Å². The van der Waals surface area contributed by atoms with E-state index in [0.717, 1.165) is 71.9 Å². The van der Waals surface area contributed by atoms with E-state index >= 15 is 0 Å². The first kappa shape index (κ1) is 25.2. The van der Waals surface area contributed by atoms with Crippen LogP contribution in [-0.2, 0) is 11.3 Å². The van der Waals surface area contributed by atoms with Crippen molar-refractivity contribution in [1.82, 2.24) is 19.9 Å². The van der Waals surface area contributed by atoms with Crippen LogP contribution in [0, 0.1) is 5.92 Å². The van der Waals surface area contributed by atoms with Gasteiger partial charge in [-0.3, -0.25) is 4.79 Å². The summed E-state index contributed by atoms with van der Waals surface area (Å²) in [5.74, 6) is 2.05. The Labute approximate surface area is 217 Å². The van der Waals surface area contributed by atoms with Crippen LogP contribution < -0.4 is 21.3 Å². The summed E-state index contributed by atoms with van der Waals surface area (Å²) >= 11 is 0. The molecule has 9 nitrogen and oxygen atoms in total. The lowest BCUT2D eigenvalue weighted by Gasteiger charge is -2.28. The maximum Gasteiger partial charge on any atom is 0.251 e. The molecule has 3 heterocycles. The standard InChI is InChI=1S/C28H37N7O2/c1-18(2)23-16-32-35-26(13-25(34-27(23)35)30-15-21-10-11-29-17-24(21)36)31-14-19-6-5-9-22(12-19)33-28(37)20-7-3-4-8-20/h5-7,9,12-13,16,18,21,24,29,31,36H,3-4,8,10-11,14-15,17H2,1-2H3,(H,30,34)(H,33,37)/t21-,24+/m1/s1. The quantitative estimate of drug-likeness (QED) is 0.301. The Morgan fingerprint density at radius 1 is 1.27 bits per heavy atom. The van der Waals surface area contributed by atoms with E-state index in [1.54, 1.807) is 0 Å². The first-order chi connectivity index (χ1) is 18.0. The number of amides is 1. The van der Waals surface area contributed by atoms with E-state index in [0.29, 0.717) is 19.6 Å². The molecule has 1 amide bonds. The van der Waals surface area contributed by atoms with Crippen LogP contribution in [0.2, 0.25) is 0 Å². The predicted molar refractivity (Wildman–Crippen MR) is 147 cm³/mol. The van der Waals surface area contributed by atoms with Crippen LogP contribution in [0.3, 0.4) is 0 Å². The van der Waals surface area contributed by atoms with Gasteiger partial charge < -0.3 is 26.4 Å². The van der Waals surface area contributed by atoms with Crippen molar-refractivity contribution in [2.45, 2.75) is 58.1 Å². The number of aliphatic hydroxyl groups is 1. The zero-order chi connectivity index (χ0) is 25.8. The number of hydrogen-bond acceptors (Lipinski definition) is 7. The first-order valence-electron chi connectivity index (χ1n) is 13.3. The monoisotopic (exact) mass is 503 g/mol. The number of piperidine rings is 1. The maximum absolute atomic E-state index is 12.5. The lowest BCUT2D eigenvalue weighted by molar-refractivity contribution is -0.112. The number of allylic oxidation sites excluding steroid dienone is 1. The Morgan fingerprint density at radius 3 is 2.95 bits per heavy atom. The van der Waals surface area contributed by atoms with Crippen molar-refractivity contribution >= 4 is 28.9 Å². The van der Waals surface area contributed by atoms with E-state index in [-0.39, 0.29) is 23.8 Å². The number of nitrogens with zero attached hydrogens (tertiary/aromatic N) is 3. The second-order valence-corrected chi connectivity index (χ2v) is 10.3. The zero-order valence-electron chi connectivity index (χ0n) is 21.6. The van der Waals surface area contributed by atoms with Gasteiger partial charge in [-0.1, -0.05) is 32.1 Å². The predicted octanol–water partition coefficient (Wildman–Crippen LogP) is 3.90. The van der Waals surface area contributed by atoms with Gasteiger partial charge in [-0.25, -0.2) is 4.98 Å². The van der Waals surface area contributed by atoms with Crippen LogP contribution in [-0.4, -0.2) is 51.4 Å². The molecule has 37 heavy (non-hydrogen) atoms. The number of nitrogens with one attached hydrogen (secondary N) is 4. The number of rotatable bonds is 9. The minimum Gasteiger partial charge on any atom is -0.391 e. The van der Waals surface area contributed by atoms with Gasteiger partial charge >= 0.3 is 0 Å². The highest BCUT2D eigenvalue weighted by molar-refractivity contribution is 6.04. The van der Waals surface area contributed by atoms with Crippen LogP contribution in [0.15, 0.2) is 48.2 Å². The minimum atomic E-state index is -0.360. The summed E-state index contributed by atoms with van der Waals surface area (Å²) in [7, 11) is 0. The normalized spacial score (nSPS) is 19.7. The molecule has 196 valence electrons. The summed E-state index contributed by atoms with van der Waals surface area (Å²) in [6, 6.07) is 9.88. The number of aliphatic hydroxyl groups excluding tert-OH is 1. The molecule has 2 atom stereocenters. The average molecular weight is 504 g/mol. The van der Waals surface area contributed by atoms with Gasteiger partial charge in [0.05, 0.1) is 12.3 Å². The third-order valence-electron chi connectivity index (χ3n) is 7.25. The maximum atomic E-state index is 12.5. The third kappa shape index (κ3) is 5.94. The molecular formula is C28H37N7O2. The Bertz CT molecular complexity index is 1280. The van der Waals surface area contributed by atoms with Gasteiger partial charge in [0.1, 0.15) is 11.6 Å². The summed E-state index contributed by atoms with van der Waals surface area (Å²) in [5.41, 5.74) is 4.62. The molecule has 0 spiro atoms. The van der Waals surface area contributed by atoms with E-state index in [2.05, 4.69) is 40.2 Å². The number of β-amino-alcohol motifs (C(OH)–C–C–N with tert-alkyl or cyclic N) is 1. The van der Waals surface area contributed by atoms with E-state index in [4.69, 9.17) is 4.98 Å². The van der Waals surface area contributed by atoms with Crippen molar-refractivity contribution < 1.29 is 9.90 Å². The van der Waals surface area contributed by atoms with Crippen LogP contribution in [0.4, 0.5) is 17.3 Å². The molecule has 2 aliphatic rings. The highest BCUT2D eigenvalue weighted by Gasteiger charge is 2.23. The van der Waals surface area contributed by atoms with Gasteiger partial charge in [0.15, 0.2) is 5.65 Å². The second kappa shape index (κ2) is 11.3. The number of carbonyl (C=O) groups excluding carboxylic acids is 1. The lowest BCUT2D eigenvalue weighted by atomic mass is 9.95. The lowest BCUT2D eigenvalue weighted by Crippen LogP contribution is -2.43. The molecule has 1 fully saturated rings. The number of anilines is 3. The van der Waals surface area contributed by atoms with Gasteiger partial charge in [0.25, 0.3) is 5.91 Å². The van der Waals surface area contributed by atoms with Gasteiger partial charge in [-0.15, -0.1) is 0 Å². The molecule has 0 bridgehead atoms. The smallest absolute Gasteiger partial charge is 0.251 e. The Balaban J connectivity index is 1.32. The van der Waals surface area contributed by atoms with Crippen molar-refractivity contribution in [2.24, 2.45) is 5.92 Å². The molecule has 0 radical (unpaired) electrons. The van der Waals surface area contributed by atoms with Crippen LogP contribution >= 0.6 is 0 Å². The number of benzene rings is 1. The minimum absolute atomic E-state index is 0.00853. The summed E-state index contributed by atoms with van der Waals surface area (Å²) in [6.07, 6.45) is 7.36. The molecule has 1 aliphatic heterocycles. The van der Waals surface area contributed by atoms with Crippen molar-refractivity contribution in [1.29, 1.82) is 0 Å². The summed E-state index contributed by atoms with van der Waals surface area (Å²) in [4.78, 5) is 17.4. The van der Waals surface area contributed by atoms with Crippen LogP contribution in [0.1, 0.15) is 56.6 Å². The average Bonchev–Trinajstić information content (AvgIpc) is 3.58. The fourth-order valence-corrected chi connectivity index (χ4v) is 5.01. The van der Waals surface area contributed by atoms with Gasteiger partial charge in [-0.2, -0.15) is 9.61 Å². The van der Waals surface area contributed by atoms with Crippen molar-refractivity contribution in [3.05, 3.63) is 59.3 Å². The molecule has 1 aromatic carbocycles. The summed E-state index contributed by atoms with van der Waals surface area (Å²) in [5, 5.41) is 28.2. The van der Waals surface area contributed by atoms with Crippen LogP contribution in [0.5, 0.6) is 0 Å². The van der Waals surface area contributed by atoms with E-state index < -0.39 is 0 Å². The van der Waals surface area contributed by atoms with E-state index in [1.807, 2.05) is 47.1 Å². The highest BCUT2D eigenvalue weighted by atomic mass is 16.3. The number of carbonyl (C=O) groups is 1. The van der Waals surface area contributed by atoms with Crippen molar-refractivity contribution in [3.63, 3.8) is 0 Å². The topological polar surface area (TPSA) is 116 Å². The fraction of sp³-hybridized carbons (Fsp3) is 0.464. The summed E-state index contributed by atoms with van der Waals surface area (Å²) in [6.45, 7) is 7.05. The largest absolute Gasteiger partial charge is 0.391 e. The van der Waals surface area contributed by atoms with Gasteiger partial charge in [0, 0.05) is 48.4 Å². The SMILES string of the molecule is CC(C)c1cnn2c(NCc3cccc(NC(=O)C4=CCCC4)c3)cc(NC[C@H]3CCNC[C@@H]3O)nc12. The zero-order valence-corrected chi connectivity index (χ0v) is 21.6. The molecular weight excluding hydrogens is 466 g/mol. The number of aromatic nitrogens is 3. The van der Waals surface area contributed by atoms with Crippen molar-refractivity contribution in [3.8, 4) is 0 Å². The van der Waals surface area contributed by atoms with Crippen LogP contribution in [0.25, 0.3) is 5.65 Å². The van der Waals surface area contributed by atoms with Gasteiger partial charge in [0.2, 0.25) is 0 Å². The first-order valence-corrected chi connectivity index (χ1v) is 13.3. The second-order valence-electron chi connectivity index (χ2n) is 10.3. The Kier molecular flexibility index (Phi) is 7.71. The summed E-state index contributed by atoms with van der Waals surface area (Å²) < 4.78 is 1.85. The highest BCUT2D eigenvalue weighted by Crippen LogP contribution is 2.25. The van der Waals surface area contributed by atoms with Gasteiger partial charge in [-0.05, 0) is 55.8 Å². The van der Waals surface area contributed by atoms with Crippen molar-refractivity contribution in [2.75, 3.05) is 35.6 Å². The molecule has 1 saturated heterocycles. The molecule has 3 aromatic rings. The van der Waals surface area contributed by atoms with E-state index in [1.165, 1.54) is 0 Å². The Hall–Kier alpha value is -3.43. The third-order valence-corrected chi connectivity index (χ3v) is 7.25. The number of fused-ring (bicyclic) bond motifs is 1. The fourth-order valence-electron chi connectivity index (χ4n) is 5.01. The molecule has 2 aromatic heterocycles. The Morgan fingerprint density at radius 2 is 2.16 bits per heavy atom. The molecule has 1 aliphatic carbocycles.